The van der Waals surface area contributed by atoms with Crippen molar-refractivity contribution < 1.29 is 0 Å². The van der Waals surface area contributed by atoms with Crippen molar-refractivity contribution in [3.8, 4) is 5.95 Å². The number of nitrogens with zero attached hydrogens (tertiary/aromatic N) is 4. The number of hydrogen-bond donors (Lipinski definition) is 1. The molecule has 0 amide bonds. The van der Waals surface area contributed by atoms with Crippen LogP contribution in [0, 0.1) is 20.8 Å². The van der Waals surface area contributed by atoms with Crippen molar-refractivity contribution in [3.63, 3.8) is 0 Å². The molecular formula is C12H16ClN5. The smallest absolute Gasteiger partial charge is 0.251 e. The molecular weight excluding hydrogens is 250 g/mol. The lowest BCUT2D eigenvalue weighted by Gasteiger charge is -2.07. The lowest BCUT2D eigenvalue weighted by molar-refractivity contribution is 0.746. The standard InChI is InChI=1S/C12H16ClN5/c1-7-10(5-14-4)6-15-12(16-7)18-9(3)11(13)8(2)17-18/h6,14H,5H2,1-4H3. The van der Waals surface area contributed by atoms with Gasteiger partial charge in [0.15, 0.2) is 0 Å². The molecule has 0 aliphatic heterocycles. The van der Waals surface area contributed by atoms with E-state index in [0.717, 1.165) is 29.2 Å². The Morgan fingerprint density at radius 2 is 2.00 bits per heavy atom. The highest BCUT2D eigenvalue weighted by molar-refractivity contribution is 6.31. The summed E-state index contributed by atoms with van der Waals surface area (Å²) in [4.78, 5) is 8.80. The first kappa shape index (κ1) is 13.0. The lowest BCUT2D eigenvalue weighted by Crippen LogP contribution is -2.11. The van der Waals surface area contributed by atoms with E-state index in [1.807, 2.05) is 34.0 Å². The van der Waals surface area contributed by atoms with Gasteiger partial charge in [0.05, 0.1) is 16.4 Å². The van der Waals surface area contributed by atoms with Crippen molar-refractivity contribution in [3.05, 3.63) is 33.9 Å². The van der Waals surface area contributed by atoms with E-state index in [-0.39, 0.29) is 0 Å². The molecule has 0 spiro atoms. The predicted molar refractivity (Wildman–Crippen MR) is 71.1 cm³/mol. The van der Waals surface area contributed by atoms with Gasteiger partial charge in [-0.15, -0.1) is 0 Å². The topological polar surface area (TPSA) is 55.6 Å². The van der Waals surface area contributed by atoms with Crippen LogP contribution in [0.15, 0.2) is 6.20 Å². The minimum Gasteiger partial charge on any atom is -0.316 e. The van der Waals surface area contributed by atoms with Crippen LogP contribution in [0.3, 0.4) is 0 Å². The van der Waals surface area contributed by atoms with E-state index >= 15 is 0 Å². The molecule has 0 fully saturated rings. The Morgan fingerprint density at radius 1 is 1.28 bits per heavy atom. The monoisotopic (exact) mass is 265 g/mol. The second-order valence-corrected chi connectivity index (χ2v) is 4.59. The first-order chi connectivity index (χ1) is 8.54. The molecule has 0 saturated heterocycles. The summed E-state index contributed by atoms with van der Waals surface area (Å²) in [5, 5.41) is 8.09. The van der Waals surface area contributed by atoms with E-state index in [9.17, 15) is 0 Å². The summed E-state index contributed by atoms with van der Waals surface area (Å²) in [6.45, 7) is 6.49. The lowest BCUT2D eigenvalue weighted by atomic mass is 10.2. The third-order valence-corrected chi connectivity index (χ3v) is 3.37. The van der Waals surface area contributed by atoms with Gasteiger partial charge in [0.1, 0.15) is 0 Å². The van der Waals surface area contributed by atoms with Crippen LogP contribution in [0.2, 0.25) is 5.02 Å². The molecule has 0 saturated carbocycles. The van der Waals surface area contributed by atoms with E-state index in [2.05, 4.69) is 20.4 Å². The van der Waals surface area contributed by atoms with Crippen molar-refractivity contribution in [2.24, 2.45) is 0 Å². The Bertz CT molecular complexity index is 576. The number of nitrogens with one attached hydrogen (secondary N) is 1. The van der Waals surface area contributed by atoms with E-state index in [1.165, 1.54) is 0 Å². The van der Waals surface area contributed by atoms with Crippen LogP contribution < -0.4 is 5.32 Å². The van der Waals surface area contributed by atoms with Crippen molar-refractivity contribution in [1.29, 1.82) is 0 Å². The normalized spacial score (nSPS) is 10.9. The third kappa shape index (κ3) is 2.23. The molecule has 2 heterocycles. The van der Waals surface area contributed by atoms with Gasteiger partial charge in [0.2, 0.25) is 0 Å². The summed E-state index contributed by atoms with van der Waals surface area (Å²) < 4.78 is 1.67. The third-order valence-electron chi connectivity index (χ3n) is 2.83. The van der Waals surface area contributed by atoms with Gasteiger partial charge >= 0.3 is 0 Å². The molecule has 2 aromatic rings. The van der Waals surface area contributed by atoms with E-state index < -0.39 is 0 Å². The van der Waals surface area contributed by atoms with E-state index in [4.69, 9.17) is 11.6 Å². The van der Waals surface area contributed by atoms with Crippen molar-refractivity contribution in [2.75, 3.05) is 7.05 Å². The summed E-state index contributed by atoms with van der Waals surface area (Å²) in [5.41, 5.74) is 3.66. The van der Waals surface area contributed by atoms with Crippen LogP contribution in [0.5, 0.6) is 0 Å². The number of aryl methyl sites for hydroxylation is 2. The largest absolute Gasteiger partial charge is 0.316 e. The first-order valence-corrected chi connectivity index (χ1v) is 6.11. The zero-order valence-electron chi connectivity index (χ0n) is 11.0. The van der Waals surface area contributed by atoms with Crippen LogP contribution >= 0.6 is 11.6 Å². The maximum atomic E-state index is 6.12. The quantitative estimate of drug-likeness (QED) is 0.922. The van der Waals surface area contributed by atoms with Gasteiger partial charge in [-0.3, -0.25) is 0 Å². The Balaban J connectivity index is 2.45. The predicted octanol–water partition coefficient (Wildman–Crippen LogP) is 1.96. The molecule has 0 aliphatic carbocycles. The van der Waals surface area contributed by atoms with Gasteiger partial charge in [-0.2, -0.15) is 5.10 Å². The van der Waals surface area contributed by atoms with Crippen molar-refractivity contribution in [2.45, 2.75) is 27.3 Å². The summed E-state index contributed by atoms with van der Waals surface area (Å²) >= 11 is 6.12. The van der Waals surface area contributed by atoms with Gasteiger partial charge in [0.25, 0.3) is 5.95 Å². The van der Waals surface area contributed by atoms with Gasteiger partial charge < -0.3 is 5.32 Å². The summed E-state index contributed by atoms with van der Waals surface area (Å²) in [7, 11) is 1.90. The Morgan fingerprint density at radius 3 is 2.50 bits per heavy atom. The molecule has 96 valence electrons. The Labute approximate surface area is 111 Å². The second kappa shape index (κ2) is 5.04. The van der Waals surface area contributed by atoms with Gasteiger partial charge in [0, 0.05) is 24.0 Å². The number of hydrogen-bond acceptors (Lipinski definition) is 4. The van der Waals surface area contributed by atoms with Crippen LogP contribution in [-0.4, -0.2) is 26.8 Å². The summed E-state index contributed by atoms with van der Waals surface area (Å²) in [6.07, 6.45) is 1.82. The zero-order chi connectivity index (χ0) is 13.3. The van der Waals surface area contributed by atoms with E-state index in [1.54, 1.807) is 4.68 Å². The molecule has 0 aromatic carbocycles. The minimum absolute atomic E-state index is 0.555. The fourth-order valence-electron chi connectivity index (χ4n) is 1.76. The summed E-state index contributed by atoms with van der Waals surface area (Å²) in [5.74, 6) is 0.555. The highest BCUT2D eigenvalue weighted by atomic mass is 35.5. The molecule has 5 nitrogen and oxygen atoms in total. The molecule has 2 rings (SSSR count). The number of aromatic nitrogens is 4. The molecule has 0 radical (unpaired) electrons. The van der Waals surface area contributed by atoms with Crippen LogP contribution in [0.25, 0.3) is 5.95 Å². The fourth-order valence-corrected chi connectivity index (χ4v) is 1.88. The van der Waals surface area contributed by atoms with Crippen molar-refractivity contribution in [1.82, 2.24) is 25.1 Å². The fraction of sp³-hybridized carbons (Fsp3) is 0.417. The van der Waals surface area contributed by atoms with Crippen LogP contribution in [0.1, 0.15) is 22.6 Å². The van der Waals surface area contributed by atoms with Crippen LogP contribution in [0.4, 0.5) is 0 Å². The SMILES string of the molecule is CNCc1cnc(-n2nc(C)c(Cl)c2C)nc1C. The highest BCUT2D eigenvalue weighted by Crippen LogP contribution is 2.21. The average molecular weight is 266 g/mol. The van der Waals surface area contributed by atoms with Gasteiger partial charge in [-0.1, -0.05) is 11.6 Å². The van der Waals surface area contributed by atoms with Crippen molar-refractivity contribution >= 4 is 11.6 Å². The maximum Gasteiger partial charge on any atom is 0.251 e. The molecule has 0 unspecified atom stereocenters. The van der Waals surface area contributed by atoms with Gasteiger partial charge in [-0.05, 0) is 27.8 Å². The summed E-state index contributed by atoms with van der Waals surface area (Å²) in [6, 6.07) is 0. The molecule has 6 heteroatoms. The molecule has 0 aliphatic rings. The molecule has 0 atom stereocenters. The molecule has 2 aromatic heterocycles. The minimum atomic E-state index is 0.555. The van der Waals surface area contributed by atoms with E-state index in [0.29, 0.717) is 11.0 Å². The first-order valence-electron chi connectivity index (χ1n) is 5.73. The van der Waals surface area contributed by atoms with Gasteiger partial charge in [-0.25, -0.2) is 14.6 Å². The Kier molecular flexibility index (Phi) is 3.63. The van der Waals surface area contributed by atoms with Crippen LogP contribution in [-0.2, 0) is 6.54 Å². The maximum absolute atomic E-state index is 6.12. The molecule has 0 bridgehead atoms. The average Bonchev–Trinajstić information content (AvgIpc) is 2.60. The highest BCUT2D eigenvalue weighted by Gasteiger charge is 2.13. The molecule has 18 heavy (non-hydrogen) atoms. The molecule has 1 N–H and O–H groups in total. The second-order valence-electron chi connectivity index (χ2n) is 4.21. The number of rotatable bonds is 3. The zero-order valence-corrected chi connectivity index (χ0v) is 11.7. The Hall–Kier alpha value is -1.46. The number of halogens is 1.